The van der Waals surface area contributed by atoms with Crippen LogP contribution in [0.5, 0.6) is 0 Å². The number of hydrogen-bond donors (Lipinski definition) is 1. The Kier molecular flexibility index (Phi) is 6.77. The summed E-state index contributed by atoms with van der Waals surface area (Å²) in [5.41, 5.74) is -1.83. The smallest absolute Gasteiger partial charge is 0.427 e. The zero-order valence-corrected chi connectivity index (χ0v) is 16.3. The fourth-order valence-electron chi connectivity index (χ4n) is 2.19. The predicted octanol–water partition coefficient (Wildman–Crippen LogP) is 3.00. The van der Waals surface area contributed by atoms with Gasteiger partial charge in [0.15, 0.2) is 0 Å². The molecular formula is C15H26F2O7S. The van der Waals surface area contributed by atoms with Gasteiger partial charge in [-0.25, -0.2) is 4.79 Å². The summed E-state index contributed by atoms with van der Waals surface area (Å²) in [6.07, 6.45) is 0.400. The van der Waals surface area contributed by atoms with Crippen LogP contribution in [0, 0.1) is 16.2 Å². The van der Waals surface area contributed by atoms with Gasteiger partial charge in [0, 0.05) is 0 Å². The van der Waals surface area contributed by atoms with Crippen LogP contribution in [0.1, 0.15) is 54.9 Å². The maximum atomic E-state index is 13.0. The number of alkyl halides is 2. The van der Waals surface area contributed by atoms with Crippen molar-refractivity contribution in [3.8, 4) is 0 Å². The van der Waals surface area contributed by atoms with Crippen LogP contribution in [0.25, 0.3) is 0 Å². The average Bonchev–Trinajstić information content (AvgIpc) is 2.33. The van der Waals surface area contributed by atoms with Gasteiger partial charge in [0.1, 0.15) is 0 Å². The molecule has 0 radical (unpaired) electrons. The molecule has 0 heterocycles. The van der Waals surface area contributed by atoms with Gasteiger partial charge in [-0.3, -0.25) is 9.35 Å². The highest BCUT2D eigenvalue weighted by atomic mass is 32.2. The number of hydrogen-bond acceptors (Lipinski definition) is 6. The van der Waals surface area contributed by atoms with Crippen molar-refractivity contribution < 1.29 is 40.8 Å². The highest BCUT2D eigenvalue weighted by Crippen LogP contribution is 2.47. The Labute approximate surface area is 146 Å². The molecule has 0 saturated carbocycles. The van der Waals surface area contributed by atoms with Gasteiger partial charge in [-0.05, 0) is 24.2 Å². The van der Waals surface area contributed by atoms with Gasteiger partial charge < -0.3 is 9.47 Å². The molecule has 1 unspecified atom stereocenters. The first kappa shape index (κ1) is 23.7. The van der Waals surface area contributed by atoms with Crippen molar-refractivity contribution in [3.63, 3.8) is 0 Å². The van der Waals surface area contributed by atoms with Crippen LogP contribution in [0.2, 0.25) is 0 Å². The maximum absolute atomic E-state index is 13.0. The van der Waals surface area contributed by atoms with E-state index >= 15 is 0 Å². The minimum Gasteiger partial charge on any atom is -0.427 e. The third-order valence-corrected chi connectivity index (χ3v) is 4.75. The summed E-state index contributed by atoms with van der Waals surface area (Å²) in [5.74, 6) is -3.31. The summed E-state index contributed by atoms with van der Waals surface area (Å²) in [6.45, 7) is 11.6. The molecule has 0 aliphatic heterocycles. The molecule has 10 heteroatoms. The van der Waals surface area contributed by atoms with Crippen LogP contribution in [0.15, 0.2) is 0 Å². The lowest BCUT2D eigenvalue weighted by molar-refractivity contribution is -0.188. The highest BCUT2D eigenvalue weighted by Gasteiger charge is 2.54. The number of ether oxygens (including phenoxy) is 2. The van der Waals surface area contributed by atoms with E-state index < -0.39 is 44.9 Å². The second-order valence-electron chi connectivity index (χ2n) is 8.29. The molecule has 0 saturated heterocycles. The Morgan fingerprint density at radius 3 is 1.64 bits per heavy atom. The van der Waals surface area contributed by atoms with Crippen molar-refractivity contribution in [1.29, 1.82) is 0 Å². The van der Waals surface area contributed by atoms with E-state index in [1.54, 1.807) is 27.7 Å². The average molecular weight is 388 g/mol. The third kappa shape index (κ3) is 5.88. The summed E-state index contributed by atoms with van der Waals surface area (Å²) >= 11 is 0. The number of carbonyl (C=O) groups excluding carboxylic acids is 2. The minimum atomic E-state index is -5.98. The van der Waals surface area contributed by atoms with Gasteiger partial charge in [0.2, 0.25) is 6.79 Å². The molecule has 0 aliphatic carbocycles. The second kappa shape index (κ2) is 7.14. The van der Waals surface area contributed by atoms with Crippen molar-refractivity contribution >= 4 is 22.1 Å². The molecule has 0 aromatic carbocycles. The largest absolute Gasteiger partial charge is 0.465 e. The van der Waals surface area contributed by atoms with E-state index in [0.29, 0.717) is 6.42 Å². The van der Waals surface area contributed by atoms with Crippen LogP contribution < -0.4 is 0 Å². The van der Waals surface area contributed by atoms with Gasteiger partial charge in [-0.2, -0.15) is 17.2 Å². The summed E-state index contributed by atoms with van der Waals surface area (Å²) in [7, 11) is -5.98. The van der Waals surface area contributed by atoms with Gasteiger partial charge in [-0.15, -0.1) is 0 Å². The quantitative estimate of drug-likeness (QED) is 0.423. The van der Waals surface area contributed by atoms with Crippen LogP contribution in [0.4, 0.5) is 8.78 Å². The molecular weight excluding hydrogens is 362 g/mol. The third-order valence-electron chi connectivity index (χ3n) is 3.93. The Balaban J connectivity index is 5.11. The lowest BCUT2D eigenvalue weighted by Gasteiger charge is -2.43. The molecule has 0 aliphatic rings. The molecule has 1 N–H and O–H groups in total. The zero-order chi connectivity index (χ0) is 20.5. The summed E-state index contributed by atoms with van der Waals surface area (Å²) < 4.78 is 64.0. The molecule has 0 aromatic rings. The Bertz CT molecular complexity index is 615. The maximum Gasteiger partial charge on any atom is 0.465 e. The number of rotatable bonds is 6. The van der Waals surface area contributed by atoms with Crippen molar-refractivity contribution in [2.24, 2.45) is 16.2 Å². The van der Waals surface area contributed by atoms with Crippen molar-refractivity contribution in [2.45, 2.75) is 60.1 Å². The molecule has 0 bridgehead atoms. The van der Waals surface area contributed by atoms with Crippen LogP contribution in [-0.4, -0.2) is 37.0 Å². The summed E-state index contributed by atoms with van der Waals surface area (Å²) in [6, 6.07) is 0. The van der Waals surface area contributed by atoms with E-state index in [1.807, 2.05) is 20.8 Å². The monoisotopic (exact) mass is 388 g/mol. The van der Waals surface area contributed by atoms with Crippen molar-refractivity contribution in [3.05, 3.63) is 0 Å². The van der Waals surface area contributed by atoms with Crippen LogP contribution in [0.3, 0.4) is 0 Å². The van der Waals surface area contributed by atoms with E-state index in [0.717, 1.165) is 0 Å². The highest BCUT2D eigenvalue weighted by molar-refractivity contribution is 7.87. The molecule has 0 fully saturated rings. The molecule has 148 valence electrons. The topological polar surface area (TPSA) is 107 Å². The molecule has 0 amide bonds. The Morgan fingerprint density at radius 2 is 1.32 bits per heavy atom. The summed E-state index contributed by atoms with van der Waals surface area (Å²) in [5, 5.41) is -5.14. The first-order chi connectivity index (χ1) is 10.8. The lowest BCUT2D eigenvalue weighted by Crippen LogP contribution is -2.45. The normalized spacial score (nSPS) is 16.1. The van der Waals surface area contributed by atoms with E-state index in [1.165, 1.54) is 0 Å². The Morgan fingerprint density at radius 1 is 0.920 bits per heavy atom. The van der Waals surface area contributed by atoms with E-state index in [9.17, 15) is 26.8 Å². The fourth-order valence-corrected chi connectivity index (χ4v) is 2.46. The van der Waals surface area contributed by atoms with Crippen LogP contribution in [-0.2, 0) is 29.2 Å². The van der Waals surface area contributed by atoms with Gasteiger partial charge in [-0.1, -0.05) is 41.5 Å². The number of esters is 2. The first-order valence-electron chi connectivity index (χ1n) is 7.45. The molecule has 0 aromatic heterocycles. The standard InChI is InChI=1S/C15H26F2O7S/c1-12(2,3)8-14(7,13(4,5)6)10(18)23-9-24-11(19)15(16,17)25(20,21)22/h8-9H2,1-7H3,(H,20,21,22). The fraction of sp³-hybridized carbons (Fsp3) is 0.867. The van der Waals surface area contributed by atoms with Crippen molar-refractivity contribution in [2.75, 3.05) is 6.79 Å². The molecule has 0 spiro atoms. The molecule has 25 heavy (non-hydrogen) atoms. The molecule has 1 atom stereocenters. The minimum absolute atomic E-state index is 0.254. The SMILES string of the molecule is CC(C)(C)CC(C)(C(=O)OCOC(=O)C(F)(F)S(=O)(=O)O)C(C)(C)C. The predicted molar refractivity (Wildman–Crippen MR) is 85.2 cm³/mol. The van der Waals surface area contributed by atoms with Gasteiger partial charge in [0.25, 0.3) is 0 Å². The number of halogens is 2. The second-order valence-corrected chi connectivity index (χ2v) is 9.76. The summed E-state index contributed by atoms with van der Waals surface area (Å²) in [4.78, 5) is 23.5. The molecule has 7 nitrogen and oxygen atoms in total. The van der Waals surface area contributed by atoms with E-state index in [-0.39, 0.29) is 5.41 Å². The Hall–Kier alpha value is -1.29. The van der Waals surface area contributed by atoms with E-state index in [4.69, 9.17) is 9.29 Å². The van der Waals surface area contributed by atoms with Gasteiger partial charge >= 0.3 is 27.3 Å². The molecule has 0 rings (SSSR count). The number of carbonyl (C=O) groups is 2. The van der Waals surface area contributed by atoms with Gasteiger partial charge in [0.05, 0.1) is 5.41 Å². The van der Waals surface area contributed by atoms with Crippen LogP contribution >= 0.6 is 0 Å². The lowest BCUT2D eigenvalue weighted by atomic mass is 9.61. The zero-order valence-electron chi connectivity index (χ0n) is 15.5. The van der Waals surface area contributed by atoms with Crippen molar-refractivity contribution in [1.82, 2.24) is 0 Å². The first-order valence-corrected chi connectivity index (χ1v) is 8.89. The van der Waals surface area contributed by atoms with E-state index in [2.05, 4.69) is 4.74 Å².